The Morgan fingerprint density at radius 3 is 2.38 bits per heavy atom. The van der Waals surface area contributed by atoms with Gasteiger partial charge in [-0.25, -0.2) is 4.79 Å². The molecule has 0 unspecified atom stereocenters. The fourth-order valence-electron chi connectivity index (χ4n) is 2.01. The third kappa shape index (κ3) is 4.98. The molecule has 0 atom stereocenters. The summed E-state index contributed by atoms with van der Waals surface area (Å²) in [7, 11) is 0. The number of hydrogen-bond donors (Lipinski definition) is 1. The zero-order chi connectivity index (χ0) is 17.7. The molecule has 1 N–H and O–H groups in total. The van der Waals surface area contributed by atoms with Crippen molar-refractivity contribution in [3.8, 4) is 0 Å². The molecule has 0 saturated heterocycles. The van der Waals surface area contributed by atoms with Crippen molar-refractivity contribution < 1.29 is 14.3 Å². The van der Waals surface area contributed by atoms with Gasteiger partial charge in [0.25, 0.3) is 5.91 Å². The Balaban J connectivity index is 1.90. The summed E-state index contributed by atoms with van der Waals surface area (Å²) in [5, 5.41) is 3.24. The largest absolute Gasteiger partial charge is 0.452 e. The predicted octanol–water partition coefficient (Wildman–Crippen LogP) is 4.91. The van der Waals surface area contributed by atoms with Gasteiger partial charge in [-0.15, -0.1) is 0 Å². The number of halogens is 2. The predicted molar refractivity (Wildman–Crippen MR) is 95.9 cm³/mol. The minimum Gasteiger partial charge on any atom is -0.452 e. The van der Waals surface area contributed by atoms with Crippen molar-refractivity contribution in [3.05, 3.63) is 63.6 Å². The van der Waals surface area contributed by atoms with Gasteiger partial charge in [0, 0.05) is 10.7 Å². The first-order valence-electron chi connectivity index (χ1n) is 7.39. The zero-order valence-corrected chi connectivity index (χ0v) is 14.8. The number of esters is 1. The van der Waals surface area contributed by atoms with Crippen LogP contribution in [0.5, 0.6) is 0 Å². The van der Waals surface area contributed by atoms with E-state index in [4.69, 9.17) is 27.9 Å². The molecule has 0 aliphatic carbocycles. The fourth-order valence-corrected chi connectivity index (χ4v) is 2.38. The first-order valence-corrected chi connectivity index (χ1v) is 8.14. The second-order valence-corrected chi connectivity index (χ2v) is 6.37. The maximum absolute atomic E-state index is 11.9. The van der Waals surface area contributed by atoms with Gasteiger partial charge in [0.05, 0.1) is 10.6 Å². The van der Waals surface area contributed by atoms with E-state index in [9.17, 15) is 9.59 Å². The summed E-state index contributed by atoms with van der Waals surface area (Å²) in [5.74, 6) is -0.718. The molecule has 2 aromatic carbocycles. The number of carbonyl (C=O) groups excluding carboxylic acids is 2. The number of nitrogens with one attached hydrogen (secondary N) is 1. The topological polar surface area (TPSA) is 55.4 Å². The number of amides is 1. The molecule has 0 aliphatic rings. The highest BCUT2D eigenvalue weighted by Gasteiger charge is 2.14. The summed E-state index contributed by atoms with van der Waals surface area (Å²) in [6.45, 7) is 3.77. The smallest absolute Gasteiger partial charge is 0.340 e. The lowest BCUT2D eigenvalue weighted by atomic mass is 10.0. The lowest BCUT2D eigenvalue weighted by molar-refractivity contribution is -0.119. The highest BCUT2D eigenvalue weighted by atomic mass is 35.5. The molecule has 1 amide bonds. The lowest BCUT2D eigenvalue weighted by Gasteiger charge is -2.09. The number of benzene rings is 2. The van der Waals surface area contributed by atoms with Gasteiger partial charge in [0.2, 0.25) is 0 Å². The Morgan fingerprint density at radius 1 is 1.08 bits per heavy atom. The van der Waals surface area contributed by atoms with Crippen LogP contribution in [-0.4, -0.2) is 18.5 Å². The van der Waals surface area contributed by atoms with E-state index in [2.05, 4.69) is 19.2 Å². The first-order chi connectivity index (χ1) is 11.4. The van der Waals surface area contributed by atoms with Crippen LogP contribution < -0.4 is 5.32 Å². The molecule has 24 heavy (non-hydrogen) atoms. The SMILES string of the molecule is CC(C)c1ccc(NC(=O)COC(=O)c2cc(Cl)ccc2Cl)cc1. The zero-order valence-electron chi connectivity index (χ0n) is 13.3. The summed E-state index contributed by atoms with van der Waals surface area (Å²) in [4.78, 5) is 23.8. The van der Waals surface area contributed by atoms with Crippen LogP contribution >= 0.6 is 23.2 Å². The van der Waals surface area contributed by atoms with Gasteiger partial charge in [-0.1, -0.05) is 49.2 Å². The van der Waals surface area contributed by atoms with Crippen molar-refractivity contribution in [1.82, 2.24) is 0 Å². The van der Waals surface area contributed by atoms with E-state index in [0.29, 0.717) is 16.6 Å². The van der Waals surface area contributed by atoms with Crippen molar-refractivity contribution in [3.63, 3.8) is 0 Å². The Labute approximate surface area is 150 Å². The van der Waals surface area contributed by atoms with Gasteiger partial charge < -0.3 is 10.1 Å². The Hall–Kier alpha value is -2.04. The standard InChI is InChI=1S/C18H17Cl2NO3/c1-11(2)12-3-6-14(7-4-12)21-17(22)10-24-18(23)15-9-13(19)5-8-16(15)20/h3-9,11H,10H2,1-2H3,(H,21,22). The number of hydrogen-bond acceptors (Lipinski definition) is 3. The van der Waals surface area contributed by atoms with Crippen LogP contribution in [0.4, 0.5) is 5.69 Å². The van der Waals surface area contributed by atoms with Crippen LogP contribution in [0.3, 0.4) is 0 Å². The van der Waals surface area contributed by atoms with Crippen molar-refractivity contribution >= 4 is 40.8 Å². The highest BCUT2D eigenvalue weighted by Crippen LogP contribution is 2.21. The summed E-state index contributed by atoms with van der Waals surface area (Å²) < 4.78 is 4.97. The molecule has 0 aromatic heterocycles. The molecule has 0 bridgehead atoms. The second kappa shape index (κ2) is 8.18. The summed E-state index contributed by atoms with van der Waals surface area (Å²) >= 11 is 11.7. The van der Waals surface area contributed by atoms with Crippen LogP contribution in [0.25, 0.3) is 0 Å². The number of ether oxygens (including phenoxy) is 1. The first kappa shape index (κ1) is 18.3. The molecule has 0 saturated carbocycles. The number of rotatable bonds is 5. The van der Waals surface area contributed by atoms with Gasteiger partial charge in [0.15, 0.2) is 6.61 Å². The molecule has 2 rings (SSSR count). The van der Waals surface area contributed by atoms with Gasteiger partial charge in [-0.05, 0) is 41.8 Å². The normalized spacial score (nSPS) is 10.5. The quantitative estimate of drug-likeness (QED) is 0.765. The molecule has 6 heteroatoms. The maximum Gasteiger partial charge on any atom is 0.340 e. The molecule has 0 spiro atoms. The highest BCUT2D eigenvalue weighted by molar-refractivity contribution is 6.35. The third-order valence-corrected chi connectivity index (χ3v) is 3.91. The van der Waals surface area contributed by atoms with Gasteiger partial charge >= 0.3 is 5.97 Å². The third-order valence-electron chi connectivity index (χ3n) is 3.34. The maximum atomic E-state index is 11.9. The van der Waals surface area contributed by atoms with Gasteiger partial charge in [0.1, 0.15) is 0 Å². The molecule has 0 fully saturated rings. The van der Waals surface area contributed by atoms with Crippen molar-refractivity contribution in [2.75, 3.05) is 11.9 Å². The molecule has 126 valence electrons. The van der Waals surface area contributed by atoms with E-state index >= 15 is 0 Å². The van der Waals surface area contributed by atoms with E-state index in [0.717, 1.165) is 0 Å². The molecule has 0 aliphatic heterocycles. The van der Waals surface area contributed by atoms with Gasteiger partial charge in [-0.2, -0.15) is 0 Å². The van der Waals surface area contributed by atoms with Crippen molar-refractivity contribution in [2.24, 2.45) is 0 Å². The van der Waals surface area contributed by atoms with Crippen LogP contribution in [0, 0.1) is 0 Å². The van der Waals surface area contributed by atoms with E-state index in [1.54, 1.807) is 6.07 Å². The fraction of sp³-hybridized carbons (Fsp3) is 0.222. The van der Waals surface area contributed by atoms with E-state index in [-0.39, 0.29) is 10.6 Å². The van der Waals surface area contributed by atoms with Crippen molar-refractivity contribution in [1.29, 1.82) is 0 Å². The van der Waals surface area contributed by atoms with Crippen LogP contribution in [0.1, 0.15) is 35.7 Å². The second-order valence-electron chi connectivity index (χ2n) is 5.53. The molecule has 0 radical (unpaired) electrons. The number of carbonyl (C=O) groups is 2. The van der Waals surface area contributed by atoms with E-state index in [1.807, 2.05) is 24.3 Å². The summed E-state index contributed by atoms with van der Waals surface area (Å²) in [6, 6.07) is 12.0. The van der Waals surface area contributed by atoms with Crippen molar-refractivity contribution in [2.45, 2.75) is 19.8 Å². The Kier molecular flexibility index (Phi) is 6.23. The molecular formula is C18H17Cl2NO3. The molecular weight excluding hydrogens is 349 g/mol. The average Bonchev–Trinajstić information content (AvgIpc) is 2.55. The Bertz CT molecular complexity index is 742. The van der Waals surface area contributed by atoms with Gasteiger partial charge in [-0.3, -0.25) is 4.79 Å². The Morgan fingerprint density at radius 2 is 1.75 bits per heavy atom. The van der Waals surface area contributed by atoms with Crippen LogP contribution in [0.15, 0.2) is 42.5 Å². The molecule has 2 aromatic rings. The molecule has 4 nitrogen and oxygen atoms in total. The van der Waals surface area contributed by atoms with E-state index in [1.165, 1.54) is 17.7 Å². The van der Waals surface area contributed by atoms with Crippen LogP contribution in [0.2, 0.25) is 10.0 Å². The van der Waals surface area contributed by atoms with E-state index < -0.39 is 18.5 Å². The number of anilines is 1. The lowest BCUT2D eigenvalue weighted by Crippen LogP contribution is -2.21. The minimum absolute atomic E-state index is 0.123. The minimum atomic E-state index is -0.701. The monoisotopic (exact) mass is 365 g/mol. The summed E-state index contributed by atoms with van der Waals surface area (Å²) in [6.07, 6.45) is 0. The average molecular weight is 366 g/mol. The summed E-state index contributed by atoms with van der Waals surface area (Å²) in [5.41, 5.74) is 1.94. The van der Waals surface area contributed by atoms with Crippen LogP contribution in [-0.2, 0) is 9.53 Å². The molecule has 0 heterocycles.